The molecule has 0 aromatic heterocycles. The summed E-state index contributed by atoms with van der Waals surface area (Å²) in [5.74, 6) is 1.16. The maximum atomic E-state index is 2.44. The Bertz CT molecular complexity index is 694. The first-order chi connectivity index (χ1) is 12.8. The van der Waals surface area contributed by atoms with E-state index in [2.05, 4.69) is 91.0 Å². The van der Waals surface area contributed by atoms with E-state index in [1.54, 1.807) is 11.1 Å². The first-order valence-electron chi connectivity index (χ1n) is 10.9. The average molecular weight is 365 g/mol. The second kappa shape index (κ2) is 9.58. The summed E-state index contributed by atoms with van der Waals surface area (Å²) in [6.45, 7) is 15.9. The van der Waals surface area contributed by atoms with E-state index >= 15 is 0 Å². The second-order valence-corrected chi connectivity index (χ2v) is 9.16. The zero-order chi connectivity index (χ0) is 20.0. The van der Waals surface area contributed by atoms with Crippen LogP contribution in [0.15, 0.2) is 70.4 Å². The summed E-state index contributed by atoms with van der Waals surface area (Å²) in [5.41, 5.74) is 7.87. The fourth-order valence-corrected chi connectivity index (χ4v) is 4.06. The highest BCUT2D eigenvalue weighted by molar-refractivity contribution is 5.47. The van der Waals surface area contributed by atoms with Crippen LogP contribution < -0.4 is 0 Å². The van der Waals surface area contributed by atoms with Crippen molar-refractivity contribution in [3.8, 4) is 0 Å². The Morgan fingerprint density at radius 1 is 1.19 bits per heavy atom. The number of allylic oxidation sites excluding steroid dienone is 12. The van der Waals surface area contributed by atoms with E-state index in [-0.39, 0.29) is 0 Å². The molecular weight excluding hydrogens is 324 g/mol. The standard InChI is InChI=1S/C27H40/c1-8-11-26(23-15-16-23)24(19-27(6,7)10-3)18-22-13-12-21(5)25(17-14-22)20(4)9-2/h8-9,11-14,17,22,24H,10,15-16,18-19H2,1-7H3. The summed E-state index contributed by atoms with van der Waals surface area (Å²) in [6.07, 6.45) is 22.8. The lowest BCUT2D eigenvalue weighted by Gasteiger charge is -2.31. The quantitative estimate of drug-likeness (QED) is 0.405. The fourth-order valence-electron chi connectivity index (χ4n) is 4.06. The molecule has 0 saturated heterocycles. The van der Waals surface area contributed by atoms with Crippen LogP contribution in [0.25, 0.3) is 0 Å². The molecule has 2 unspecified atom stereocenters. The van der Waals surface area contributed by atoms with Gasteiger partial charge in [0.15, 0.2) is 0 Å². The monoisotopic (exact) mass is 364 g/mol. The Hall–Kier alpha value is -1.56. The molecule has 27 heavy (non-hydrogen) atoms. The zero-order valence-electron chi connectivity index (χ0n) is 18.7. The van der Waals surface area contributed by atoms with Crippen LogP contribution in [0.3, 0.4) is 0 Å². The summed E-state index contributed by atoms with van der Waals surface area (Å²) < 4.78 is 0. The lowest BCUT2D eigenvalue weighted by molar-refractivity contribution is 0.264. The van der Waals surface area contributed by atoms with E-state index in [4.69, 9.17) is 0 Å². The predicted octanol–water partition coefficient (Wildman–Crippen LogP) is 8.51. The van der Waals surface area contributed by atoms with Crippen molar-refractivity contribution in [3.05, 3.63) is 70.4 Å². The molecule has 2 aliphatic carbocycles. The molecule has 148 valence electrons. The minimum atomic E-state index is 0.395. The highest BCUT2D eigenvalue weighted by atomic mass is 14.3. The van der Waals surface area contributed by atoms with Crippen molar-refractivity contribution in [2.24, 2.45) is 17.3 Å². The largest absolute Gasteiger partial charge is 0.0874 e. The summed E-state index contributed by atoms with van der Waals surface area (Å²) >= 11 is 0. The van der Waals surface area contributed by atoms with Gasteiger partial charge in [0.25, 0.3) is 0 Å². The van der Waals surface area contributed by atoms with Crippen molar-refractivity contribution in [1.82, 2.24) is 0 Å². The molecule has 0 bridgehead atoms. The van der Waals surface area contributed by atoms with Gasteiger partial charge in [0.1, 0.15) is 0 Å². The van der Waals surface area contributed by atoms with Crippen LogP contribution in [0, 0.1) is 17.3 Å². The summed E-state index contributed by atoms with van der Waals surface area (Å²) in [7, 11) is 0. The third-order valence-corrected chi connectivity index (χ3v) is 6.39. The lowest BCUT2D eigenvalue weighted by atomic mass is 9.74. The van der Waals surface area contributed by atoms with E-state index in [1.807, 2.05) is 0 Å². The number of hydrogen-bond donors (Lipinski definition) is 0. The maximum Gasteiger partial charge on any atom is -0.00411 e. The van der Waals surface area contributed by atoms with Crippen molar-refractivity contribution < 1.29 is 0 Å². The smallest absolute Gasteiger partial charge is 0.00411 e. The topological polar surface area (TPSA) is 0 Å². The van der Waals surface area contributed by atoms with Gasteiger partial charge in [-0.15, -0.1) is 0 Å². The molecule has 0 N–H and O–H groups in total. The summed E-state index contributed by atoms with van der Waals surface area (Å²) in [6, 6.07) is 0. The van der Waals surface area contributed by atoms with Gasteiger partial charge >= 0.3 is 0 Å². The van der Waals surface area contributed by atoms with Crippen LogP contribution in [-0.4, -0.2) is 0 Å². The van der Waals surface area contributed by atoms with Crippen LogP contribution in [0.5, 0.6) is 0 Å². The van der Waals surface area contributed by atoms with Crippen molar-refractivity contribution in [3.63, 3.8) is 0 Å². The van der Waals surface area contributed by atoms with Crippen molar-refractivity contribution in [2.45, 2.75) is 80.6 Å². The molecular formula is C27H40. The molecule has 0 aromatic carbocycles. The van der Waals surface area contributed by atoms with E-state index in [0.29, 0.717) is 17.3 Å². The number of hydrogen-bond acceptors (Lipinski definition) is 0. The molecule has 0 aliphatic heterocycles. The average Bonchev–Trinajstić information content (AvgIpc) is 3.48. The first kappa shape index (κ1) is 21.7. The Balaban J connectivity index is 2.26. The van der Waals surface area contributed by atoms with Crippen LogP contribution in [0.1, 0.15) is 80.6 Å². The van der Waals surface area contributed by atoms with Gasteiger partial charge in [0, 0.05) is 0 Å². The van der Waals surface area contributed by atoms with Gasteiger partial charge in [-0.1, -0.05) is 75.3 Å². The third kappa shape index (κ3) is 6.23. The summed E-state index contributed by atoms with van der Waals surface area (Å²) in [5, 5.41) is 0. The third-order valence-electron chi connectivity index (χ3n) is 6.39. The SMILES string of the molecule is CC=CC(=C1CC1)C(CC1C=CC(C)=C(C(C)=CC)C=C1)CC(C)(C)CC. The maximum absolute atomic E-state index is 2.44. The van der Waals surface area contributed by atoms with E-state index in [1.165, 1.54) is 48.8 Å². The highest BCUT2D eigenvalue weighted by Gasteiger charge is 2.29. The first-order valence-corrected chi connectivity index (χ1v) is 10.9. The molecule has 0 nitrogen and oxygen atoms in total. The van der Waals surface area contributed by atoms with E-state index in [0.717, 1.165) is 0 Å². The van der Waals surface area contributed by atoms with Crippen molar-refractivity contribution in [2.75, 3.05) is 0 Å². The van der Waals surface area contributed by atoms with Crippen molar-refractivity contribution >= 4 is 0 Å². The highest BCUT2D eigenvalue weighted by Crippen LogP contribution is 2.43. The second-order valence-electron chi connectivity index (χ2n) is 9.16. The number of rotatable bonds is 8. The molecule has 1 fully saturated rings. The molecule has 0 radical (unpaired) electrons. The molecule has 2 aliphatic rings. The fraction of sp³-hybridized carbons (Fsp3) is 0.556. The molecule has 0 aromatic rings. The van der Waals surface area contributed by atoms with Crippen LogP contribution in [-0.2, 0) is 0 Å². The van der Waals surface area contributed by atoms with Gasteiger partial charge in [-0.3, -0.25) is 0 Å². The zero-order valence-corrected chi connectivity index (χ0v) is 18.7. The van der Waals surface area contributed by atoms with E-state index in [9.17, 15) is 0 Å². The van der Waals surface area contributed by atoms with Crippen LogP contribution in [0.2, 0.25) is 0 Å². The van der Waals surface area contributed by atoms with Gasteiger partial charge in [0.05, 0.1) is 0 Å². The molecule has 0 amide bonds. The molecule has 2 rings (SSSR count). The molecule has 0 heteroatoms. The molecule has 0 spiro atoms. The predicted molar refractivity (Wildman–Crippen MR) is 122 cm³/mol. The Morgan fingerprint density at radius 2 is 1.85 bits per heavy atom. The Morgan fingerprint density at radius 3 is 2.41 bits per heavy atom. The van der Waals surface area contributed by atoms with Crippen LogP contribution >= 0.6 is 0 Å². The van der Waals surface area contributed by atoms with Gasteiger partial charge in [-0.25, -0.2) is 0 Å². The van der Waals surface area contributed by atoms with Crippen molar-refractivity contribution in [1.29, 1.82) is 0 Å². The lowest BCUT2D eigenvalue weighted by Crippen LogP contribution is -2.19. The van der Waals surface area contributed by atoms with Gasteiger partial charge in [-0.2, -0.15) is 0 Å². The Kier molecular flexibility index (Phi) is 7.71. The summed E-state index contributed by atoms with van der Waals surface area (Å²) in [4.78, 5) is 0. The van der Waals surface area contributed by atoms with Gasteiger partial charge in [-0.05, 0) is 92.9 Å². The Labute approximate surface area is 168 Å². The molecule has 0 heterocycles. The normalized spacial score (nSPS) is 21.8. The minimum absolute atomic E-state index is 0.395. The molecule has 1 saturated carbocycles. The van der Waals surface area contributed by atoms with Crippen LogP contribution in [0.4, 0.5) is 0 Å². The van der Waals surface area contributed by atoms with Gasteiger partial charge < -0.3 is 0 Å². The van der Waals surface area contributed by atoms with Gasteiger partial charge in [0.2, 0.25) is 0 Å². The van der Waals surface area contributed by atoms with E-state index < -0.39 is 0 Å². The minimum Gasteiger partial charge on any atom is -0.0874 e. The molecule has 2 atom stereocenters.